The third-order valence-corrected chi connectivity index (χ3v) is 5.06. The number of carbonyl (C=O) groups is 2. The van der Waals surface area contributed by atoms with Crippen molar-refractivity contribution in [2.45, 2.75) is 12.3 Å². The van der Waals surface area contributed by atoms with Crippen LogP contribution in [-0.2, 0) is 14.9 Å². The lowest BCUT2D eigenvalue weighted by molar-refractivity contribution is -0.145. The molecule has 1 aromatic heterocycles. The molecule has 1 atom stereocenters. The van der Waals surface area contributed by atoms with Crippen LogP contribution in [0.3, 0.4) is 0 Å². The van der Waals surface area contributed by atoms with Gasteiger partial charge >= 0.3 is 12.1 Å². The Labute approximate surface area is 161 Å². The van der Waals surface area contributed by atoms with Gasteiger partial charge in [0.2, 0.25) is 5.95 Å². The highest BCUT2D eigenvalue weighted by atomic mass is 19.1. The lowest BCUT2D eigenvalue weighted by Gasteiger charge is -2.33. The Morgan fingerprint density at radius 2 is 1.64 bits per heavy atom. The lowest BCUT2D eigenvalue weighted by Crippen LogP contribution is -2.48. The summed E-state index contributed by atoms with van der Waals surface area (Å²) in [4.78, 5) is 35.5. The number of ether oxygens (including phenoxy) is 1. The van der Waals surface area contributed by atoms with E-state index in [1.54, 1.807) is 19.3 Å². The minimum absolute atomic E-state index is 0.371. The molecule has 2 heterocycles. The van der Waals surface area contributed by atoms with Crippen LogP contribution in [0, 0.1) is 5.82 Å². The number of nitrogens with zero attached hydrogens (tertiary/aromatic N) is 4. The van der Waals surface area contributed by atoms with Crippen molar-refractivity contribution in [3.05, 3.63) is 53.6 Å². The molecule has 2 aromatic rings. The molecule has 3 rings (SSSR count). The molecule has 1 fully saturated rings. The lowest BCUT2D eigenvalue weighted by atomic mass is 9.77. The first kappa shape index (κ1) is 19.5. The molecule has 1 unspecified atom stereocenters. The number of methoxy groups -OCH3 is 1. The minimum Gasteiger partial charge on any atom is -0.468 e. The average Bonchev–Trinajstić information content (AvgIpc) is 2.73. The van der Waals surface area contributed by atoms with E-state index in [2.05, 4.69) is 9.97 Å². The SMILES string of the molecule is COC(=O)C(C)(c1ccc(F)cc1)c1cnc(N2CCN(C(=O)O)CC2)nc1. The molecule has 1 aromatic carbocycles. The fourth-order valence-corrected chi connectivity index (χ4v) is 3.23. The van der Waals surface area contributed by atoms with E-state index in [9.17, 15) is 14.0 Å². The van der Waals surface area contributed by atoms with Gasteiger partial charge < -0.3 is 19.6 Å². The van der Waals surface area contributed by atoms with Crippen LogP contribution in [-0.4, -0.2) is 65.3 Å². The standard InChI is InChI=1S/C19H21FN4O4/c1-19(16(25)28-2,13-3-5-15(20)6-4-13)14-11-21-17(22-12-14)23-7-9-24(10-8-23)18(26)27/h3-6,11-12H,7-10H2,1-2H3,(H,26,27). The maximum Gasteiger partial charge on any atom is 0.407 e. The quantitative estimate of drug-likeness (QED) is 0.799. The normalized spacial score (nSPS) is 16.4. The van der Waals surface area contributed by atoms with Gasteiger partial charge in [-0.05, 0) is 24.6 Å². The number of carboxylic acid groups (broad SMARTS) is 1. The van der Waals surface area contributed by atoms with Gasteiger partial charge in [0.25, 0.3) is 0 Å². The van der Waals surface area contributed by atoms with E-state index in [0.29, 0.717) is 43.3 Å². The summed E-state index contributed by atoms with van der Waals surface area (Å²) in [6.07, 6.45) is 2.15. The number of hydrogen-bond acceptors (Lipinski definition) is 6. The molecule has 1 N–H and O–H groups in total. The maximum absolute atomic E-state index is 13.3. The van der Waals surface area contributed by atoms with E-state index in [-0.39, 0.29) is 0 Å². The van der Waals surface area contributed by atoms with Gasteiger partial charge in [0.05, 0.1) is 7.11 Å². The molecule has 1 aliphatic heterocycles. The maximum atomic E-state index is 13.3. The summed E-state index contributed by atoms with van der Waals surface area (Å²) in [6.45, 7) is 3.39. The molecule has 0 saturated carbocycles. The first-order chi connectivity index (χ1) is 13.4. The molecule has 0 radical (unpaired) electrons. The number of amides is 1. The van der Waals surface area contributed by atoms with E-state index in [0.717, 1.165) is 0 Å². The van der Waals surface area contributed by atoms with Crippen molar-refractivity contribution in [2.75, 3.05) is 38.2 Å². The van der Waals surface area contributed by atoms with Crippen LogP contribution in [0.25, 0.3) is 0 Å². The van der Waals surface area contributed by atoms with Crippen molar-refractivity contribution in [3.8, 4) is 0 Å². The van der Waals surface area contributed by atoms with E-state index < -0.39 is 23.3 Å². The fraction of sp³-hybridized carbons (Fsp3) is 0.368. The molecule has 1 saturated heterocycles. The number of carbonyl (C=O) groups excluding carboxylic acids is 1. The van der Waals surface area contributed by atoms with Crippen LogP contribution in [0.15, 0.2) is 36.7 Å². The van der Waals surface area contributed by atoms with E-state index in [1.807, 2.05) is 4.90 Å². The van der Waals surface area contributed by atoms with Gasteiger partial charge in [0.1, 0.15) is 11.2 Å². The smallest absolute Gasteiger partial charge is 0.407 e. The Bertz CT molecular complexity index is 851. The molecular formula is C19H21FN4O4. The zero-order chi connectivity index (χ0) is 20.3. The van der Waals surface area contributed by atoms with Crippen LogP contribution >= 0.6 is 0 Å². The van der Waals surface area contributed by atoms with Crippen molar-refractivity contribution >= 4 is 18.0 Å². The predicted molar refractivity (Wildman–Crippen MR) is 98.7 cm³/mol. The second-order valence-corrected chi connectivity index (χ2v) is 6.65. The van der Waals surface area contributed by atoms with Crippen molar-refractivity contribution in [1.82, 2.24) is 14.9 Å². The fourth-order valence-electron chi connectivity index (χ4n) is 3.23. The van der Waals surface area contributed by atoms with Crippen molar-refractivity contribution in [3.63, 3.8) is 0 Å². The predicted octanol–water partition coefficient (Wildman–Crippen LogP) is 1.89. The third kappa shape index (κ3) is 3.60. The molecule has 28 heavy (non-hydrogen) atoms. The van der Waals surface area contributed by atoms with Crippen molar-refractivity contribution < 1.29 is 23.8 Å². The number of aromatic nitrogens is 2. The average molecular weight is 388 g/mol. The first-order valence-corrected chi connectivity index (χ1v) is 8.76. The second-order valence-electron chi connectivity index (χ2n) is 6.65. The van der Waals surface area contributed by atoms with Crippen LogP contribution in [0.1, 0.15) is 18.1 Å². The summed E-state index contributed by atoms with van der Waals surface area (Å²) < 4.78 is 18.3. The molecule has 9 heteroatoms. The summed E-state index contributed by atoms with van der Waals surface area (Å²) in [5.41, 5.74) is -0.116. The van der Waals surface area contributed by atoms with Crippen molar-refractivity contribution in [2.24, 2.45) is 0 Å². The van der Waals surface area contributed by atoms with Crippen LogP contribution in [0.2, 0.25) is 0 Å². The van der Waals surface area contributed by atoms with Gasteiger partial charge in [-0.1, -0.05) is 12.1 Å². The zero-order valence-corrected chi connectivity index (χ0v) is 15.6. The van der Waals surface area contributed by atoms with Gasteiger partial charge in [0.15, 0.2) is 0 Å². The number of rotatable bonds is 4. The Morgan fingerprint density at radius 1 is 1.07 bits per heavy atom. The van der Waals surface area contributed by atoms with E-state index in [4.69, 9.17) is 9.84 Å². The molecule has 8 nitrogen and oxygen atoms in total. The van der Waals surface area contributed by atoms with Gasteiger partial charge in [-0.2, -0.15) is 0 Å². The Kier molecular flexibility index (Phi) is 5.43. The molecule has 0 spiro atoms. The van der Waals surface area contributed by atoms with E-state index in [1.165, 1.54) is 36.3 Å². The molecule has 148 valence electrons. The summed E-state index contributed by atoms with van der Waals surface area (Å²) >= 11 is 0. The molecule has 0 aliphatic carbocycles. The Hall–Kier alpha value is -3.23. The number of anilines is 1. The summed E-state index contributed by atoms with van der Waals surface area (Å²) in [5, 5.41) is 9.03. The van der Waals surface area contributed by atoms with Crippen LogP contribution < -0.4 is 4.90 Å². The molecular weight excluding hydrogens is 367 g/mol. The van der Waals surface area contributed by atoms with Gasteiger partial charge in [-0.25, -0.2) is 19.2 Å². The largest absolute Gasteiger partial charge is 0.468 e. The zero-order valence-electron chi connectivity index (χ0n) is 15.6. The van der Waals surface area contributed by atoms with Gasteiger partial charge in [-0.3, -0.25) is 4.79 Å². The highest BCUT2D eigenvalue weighted by molar-refractivity contribution is 5.86. The molecule has 1 amide bonds. The number of esters is 1. The monoisotopic (exact) mass is 388 g/mol. The molecule has 1 aliphatic rings. The van der Waals surface area contributed by atoms with Crippen LogP contribution in [0.4, 0.5) is 15.1 Å². The summed E-state index contributed by atoms with van der Waals surface area (Å²) in [7, 11) is 1.29. The number of piperazine rings is 1. The Morgan fingerprint density at radius 3 is 2.14 bits per heavy atom. The van der Waals surface area contributed by atoms with Gasteiger partial charge in [-0.15, -0.1) is 0 Å². The number of benzene rings is 1. The highest BCUT2D eigenvalue weighted by Gasteiger charge is 2.39. The molecule has 0 bridgehead atoms. The van der Waals surface area contributed by atoms with E-state index >= 15 is 0 Å². The highest BCUT2D eigenvalue weighted by Crippen LogP contribution is 2.33. The summed E-state index contributed by atoms with van der Waals surface area (Å²) in [6, 6.07) is 5.64. The number of halogens is 1. The minimum atomic E-state index is -1.19. The number of hydrogen-bond donors (Lipinski definition) is 1. The van der Waals surface area contributed by atoms with Crippen LogP contribution in [0.5, 0.6) is 0 Å². The third-order valence-electron chi connectivity index (χ3n) is 5.06. The topological polar surface area (TPSA) is 95.9 Å². The second kappa shape index (κ2) is 7.79. The first-order valence-electron chi connectivity index (χ1n) is 8.76. The summed E-state index contributed by atoms with van der Waals surface area (Å²) in [5.74, 6) is -0.450. The van der Waals surface area contributed by atoms with Gasteiger partial charge in [0, 0.05) is 44.1 Å². The Balaban J connectivity index is 1.86. The van der Waals surface area contributed by atoms with Crippen molar-refractivity contribution in [1.29, 1.82) is 0 Å².